The molecule has 0 bridgehead atoms. The minimum atomic E-state index is -1.00. The molecule has 628 valence electrons. The molecule has 10 aromatic rings. The van der Waals surface area contributed by atoms with Crippen molar-refractivity contribution >= 4 is 127 Å². The summed E-state index contributed by atoms with van der Waals surface area (Å²) in [7, 11) is 0. The maximum Gasteiger partial charge on any atom is 0.347 e. The molecular formula is C83H123N18O10PS3. The summed E-state index contributed by atoms with van der Waals surface area (Å²) in [5.41, 5.74) is 7.82. The Morgan fingerprint density at radius 1 is 0.461 bits per heavy atom. The Hall–Kier alpha value is -8.87. The Morgan fingerprint density at radius 2 is 0.765 bits per heavy atom. The number of aromatic nitrogens is 9. The fourth-order valence-corrected chi connectivity index (χ4v) is 14.2. The van der Waals surface area contributed by atoms with Crippen LogP contribution in [-0.4, -0.2) is 240 Å². The number of nitrogens with zero attached hydrogens (tertiary/aromatic N) is 15. The Labute approximate surface area is 695 Å². The molecule has 6 aromatic heterocycles. The van der Waals surface area contributed by atoms with Crippen molar-refractivity contribution in [1.82, 2.24) is 64.5 Å². The van der Waals surface area contributed by atoms with E-state index in [2.05, 4.69) is 117 Å². The van der Waals surface area contributed by atoms with Crippen molar-refractivity contribution < 1.29 is 47.8 Å². The molecule has 0 amide bonds. The van der Waals surface area contributed by atoms with Gasteiger partial charge in [-0.25, -0.2) is 49.7 Å². The average Bonchev–Trinajstić information content (AvgIpc) is 1.79. The smallest absolute Gasteiger partial charge is 0.347 e. The van der Waals surface area contributed by atoms with Crippen LogP contribution in [0.1, 0.15) is 124 Å². The Morgan fingerprint density at radius 3 is 1.05 bits per heavy atom. The number of hydrogen-bond acceptors (Lipinski definition) is 30. The highest BCUT2D eigenvalue weighted by molar-refractivity contribution is 7.17. The summed E-state index contributed by atoms with van der Waals surface area (Å²) in [6, 6.07) is 17.9. The summed E-state index contributed by atoms with van der Waals surface area (Å²) in [6.07, 6.45) is 15.2. The zero-order valence-electron chi connectivity index (χ0n) is 63.2. The molecule has 0 saturated carbocycles. The van der Waals surface area contributed by atoms with Crippen LogP contribution in [0.3, 0.4) is 0 Å². The molecule has 32 heteroatoms. The molecule has 4 aromatic carbocycles. The number of aliphatic imine (C=N–C) groups is 1. The number of nitriles is 1. The van der Waals surface area contributed by atoms with E-state index in [-0.39, 0.29) is 59.3 Å². The number of morpholine rings is 4. The van der Waals surface area contributed by atoms with Crippen LogP contribution in [0, 0.1) is 52.9 Å². The maximum atomic E-state index is 11.1. The lowest BCUT2D eigenvalue weighted by molar-refractivity contribution is 0.0357. The van der Waals surface area contributed by atoms with Gasteiger partial charge in [-0.15, -0.1) is 22.7 Å². The van der Waals surface area contributed by atoms with Crippen molar-refractivity contribution in [2.45, 2.75) is 119 Å². The number of nitrogens with one attached hydrogen (secondary N) is 3. The minimum absolute atomic E-state index is 0. The first-order valence-electron chi connectivity index (χ1n) is 36.6. The number of aromatic carboxylic acids is 1. The minimum Gasteiger partial charge on any atom is -0.493 e. The van der Waals surface area contributed by atoms with Gasteiger partial charge in [-0.3, -0.25) is 24.6 Å². The monoisotopic (exact) mass is 1660 g/mol. The van der Waals surface area contributed by atoms with E-state index in [0.717, 1.165) is 278 Å². The molecule has 1 atom stereocenters. The molecule has 28 nitrogen and oxygen atoms in total. The lowest BCUT2D eigenvalue weighted by atomic mass is 10.1. The third kappa shape index (κ3) is 30.0. The van der Waals surface area contributed by atoms with Gasteiger partial charge < -0.3 is 59.0 Å². The average molecular weight is 1660 g/mol. The zero-order chi connectivity index (χ0) is 75.4. The van der Waals surface area contributed by atoms with Gasteiger partial charge in [-0.05, 0) is 121 Å². The number of anilines is 6. The van der Waals surface area contributed by atoms with Crippen molar-refractivity contribution in [3.05, 3.63) is 129 Å². The summed E-state index contributed by atoms with van der Waals surface area (Å²) < 4.78 is 45.5. The van der Waals surface area contributed by atoms with E-state index >= 15 is 0 Å². The predicted molar refractivity (Wildman–Crippen MR) is 476 cm³/mol. The number of hydrogen-bond donors (Lipinski definition) is 4. The molecular weight excluding hydrogens is 1540 g/mol. The van der Waals surface area contributed by atoms with Crippen LogP contribution in [-0.2, 0) is 18.9 Å². The number of benzene rings is 4. The van der Waals surface area contributed by atoms with Gasteiger partial charge >= 0.3 is 5.97 Å². The second-order valence-corrected chi connectivity index (χ2v) is 29.6. The molecule has 4 saturated heterocycles. The van der Waals surface area contributed by atoms with Crippen molar-refractivity contribution in [3.63, 3.8) is 0 Å². The van der Waals surface area contributed by atoms with E-state index in [1.54, 1.807) is 41.5 Å². The third-order valence-electron chi connectivity index (χ3n) is 18.0. The lowest BCUT2D eigenvalue weighted by Gasteiger charge is -2.26. The number of carboxylic acid groups (broad SMARTS) is 1. The molecule has 4 aliphatic rings. The molecule has 4 fully saturated rings. The van der Waals surface area contributed by atoms with Gasteiger partial charge in [0.1, 0.15) is 70.4 Å². The first-order chi connectivity index (χ1) is 52.7. The summed E-state index contributed by atoms with van der Waals surface area (Å²) >= 11 is 4.27. The third-order valence-corrected chi connectivity index (χ3v) is 20.6. The number of aryl methyl sites for hydroxylation is 6. The standard InChI is InChI=1S/C20H23N5O4S.2C20H25N5O2S.C17H23N3O2.6CH4.H3P/c1-13-9-14-15(10-16(13)29-6-2-3-25-4-7-28-8-5-25)22-12-23-18(14)24-20-21-11-17(30-20)19(26)27;2*1-14-10-16-17(22-13-23-19(16)24-20-21-12-15(2)28-20)11-18(14)27-7-3-4-25-5-8-26-9-6-25;1-3-19-16-12-17(14(2)11-15(16)13-18)22-8-4-5-20-6-9-21-10-7-20;;;;;;;/h9-12H,2-8H2,1H3,(H,26,27)(H,21,22,23,24);2*10-13H,3-9H2,1-2H3,(H,21,22,23,24);3,11-12H,4-10H2,1-2H3;6*1H4;1H3. The Balaban J connectivity index is 0.000000318. The highest BCUT2D eigenvalue weighted by atomic mass is 32.1. The summed E-state index contributed by atoms with van der Waals surface area (Å²) in [5.74, 6) is 4.47. The van der Waals surface area contributed by atoms with Crippen LogP contribution in [0.5, 0.6) is 23.0 Å². The number of ether oxygens (including phenoxy) is 8. The molecule has 1 unspecified atom stereocenters. The molecule has 0 aliphatic carbocycles. The van der Waals surface area contributed by atoms with Gasteiger partial charge in [0.25, 0.3) is 0 Å². The number of thiazole rings is 3. The summed E-state index contributed by atoms with van der Waals surface area (Å²) in [6.45, 7) is 35.4. The van der Waals surface area contributed by atoms with Crippen molar-refractivity contribution in [2.75, 3.05) is 174 Å². The number of carboxylic acids is 1. The van der Waals surface area contributed by atoms with E-state index in [4.69, 9.17) is 48.3 Å². The van der Waals surface area contributed by atoms with E-state index in [1.165, 1.54) is 12.5 Å². The maximum absolute atomic E-state index is 11.1. The highest BCUT2D eigenvalue weighted by Gasteiger charge is 2.19. The molecule has 0 radical (unpaired) electrons. The first kappa shape index (κ1) is 98.5. The molecule has 4 N–H and O–H groups in total. The normalized spacial score (nSPS) is 14.2. The molecule has 115 heavy (non-hydrogen) atoms. The predicted octanol–water partition coefficient (Wildman–Crippen LogP) is 16.6. The SMILES string of the molecule is C.C.C.C.C.C.CC=Nc1cc(OCCCN2CCOCC2)c(C)cc1C#N.Cc1cc2c(Nc3ncc(C(=O)O)s3)ncnc2cc1OCCCN1CCOCC1.Cc1cnc(Nc2ncnc3cc(OCCCN4CCOCC4)c(C)cc23)s1.Cc1cnc(Nc2ncnc3cc(OCCCN4CCOCC4)c(C)cc23)s1.P. The van der Waals surface area contributed by atoms with Gasteiger partial charge in [0.15, 0.2) is 15.4 Å². The molecule has 10 heterocycles. The summed E-state index contributed by atoms with van der Waals surface area (Å²) in [4.78, 5) is 66.5. The number of fused-ring (bicyclic) bond motifs is 3. The van der Waals surface area contributed by atoms with E-state index in [9.17, 15) is 4.79 Å². The fraction of sp³-hybridized carbons (Fsp3) is 0.494. The van der Waals surface area contributed by atoms with Crippen LogP contribution in [0.4, 0.5) is 38.5 Å². The fourth-order valence-electron chi connectivity index (χ4n) is 12.2. The Bertz CT molecular complexity index is 4470. The van der Waals surface area contributed by atoms with Crippen LogP contribution in [0.25, 0.3) is 32.7 Å². The van der Waals surface area contributed by atoms with Crippen molar-refractivity contribution in [3.8, 4) is 29.1 Å². The van der Waals surface area contributed by atoms with Crippen LogP contribution in [0.15, 0.2) is 91.1 Å². The van der Waals surface area contributed by atoms with Crippen LogP contribution >= 0.6 is 43.9 Å². The zero-order valence-corrected chi connectivity index (χ0v) is 67.1. The molecule has 14 rings (SSSR count). The van der Waals surface area contributed by atoms with Crippen molar-refractivity contribution in [2.24, 2.45) is 4.99 Å². The Kier molecular flexibility index (Phi) is 43.9. The van der Waals surface area contributed by atoms with Gasteiger partial charge in [-0.2, -0.15) is 15.2 Å². The highest BCUT2D eigenvalue weighted by Crippen LogP contribution is 2.35. The van der Waals surface area contributed by atoms with Crippen LogP contribution < -0.4 is 34.9 Å². The molecule has 0 spiro atoms. The topological polar surface area (TPSA) is 312 Å². The quantitative estimate of drug-likeness (QED) is 0.0201. The van der Waals surface area contributed by atoms with E-state index in [0.29, 0.717) is 48.6 Å². The number of rotatable bonds is 28. The number of carbonyl (C=O) groups is 1. The van der Waals surface area contributed by atoms with Gasteiger partial charge in [0, 0.05) is 147 Å². The molecule has 4 aliphatic heterocycles. The van der Waals surface area contributed by atoms with Gasteiger partial charge in [-0.1, -0.05) is 55.9 Å². The first-order valence-corrected chi connectivity index (χ1v) is 39.0. The lowest BCUT2D eigenvalue weighted by Crippen LogP contribution is -2.37. The van der Waals surface area contributed by atoms with Gasteiger partial charge in [0.2, 0.25) is 0 Å². The largest absolute Gasteiger partial charge is 0.493 e. The van der Waals surface area contributed by atoms with Gasteiger partial charge in [0.05, 0.1) is 113 Å². The second-order valence-electron chi connectivity index (χ2n) is 26.1. The second kappa shape index (κ2) is 51.3. The van der Waals surface area contributed by atoms with Crippen molar-refractivity contribution in [1.29, 1.82) is 5.26 Å². The van der Waals surface area contributed by atoms with E-state index < -0.39 is 5.97 Å². The van der Waals surface area contributed by atoms with Crippen LogP contribution in [0.2, 0.25) is 0 Å². The van der Waals surface area contributed by atoms with E-state index in [1.807, 2.05) is 83.4 Å². The summed E-state index contributed by atoms with van der Waals surface area (Å²) in [5, 5.41) is 32.8.